The van der Waals surface area contributed by atoms with Crippen molar-refractivity contribution in [2.75, 3.05) is 13.1 Å². The number of carboxylic acids is 1. The highest BCUT2D eigenvalue weighted by molar-refractivity contribution is 5.79. The van der Waals surface area contributed by atoms with Crippen LogP contribution in [0.4, 0.5) is 0 Å². The molecule has 0 radical (unpaired) electrons. The van der Waals surface area contributed by atoms with Crippen LogP contribution in [0, 0.1) is 0 Å². The second-order valence-corrected chi connectivity index (χ2v) is 3.86. The number of carboxylic acid groups (broad SMARTS) is 1. The first-order valence-corrected chi connectivity index (χ1v) is 5.90. The molecule has 3 heteroatoms. The maximum Gasteiger partial charge on any atom is 0.328 e. The average molecular weight is 233 g/mol. The van der Waals surface area contributed by atoms with Crippen LogP contribution in [0.5, 0.6) is 0 Å². The molecule has 0 amide bonds. The molecule has 0 aromatic heterocycles. The lowest BCUT2D eigenvalue weighted by Crippen LogP contribution is -2.17. The zero-order valence-corrected chi connectivity index (χ0v) is 10.1. The minimum Gasteiger partial charge on any atom is -0.478 e. The molecule has 0 bridgehead atoms. The predicted molar refractivity (Wildman–Crippen MR) is 69.2 cm³/mol. The SMILES string of the molecule is CCc1ccc(CCNC/C=C/C(=O)O)cc1. The smallest absolute Gasteiger partial charge is 0.328 e. The van der Waals surface area contributed by atoms with Crippen molar-refractivity contribution in [1.29, 1.82) is 0 Å². The van der Waals surface area contributed by atoms with Gasteiger partial charge in [0.25, 0.3) is 0 Å². The molecule has 1 aromatic rings. The third kappa shape index (κ3) is 5.88. The first-order valence-electron chi connectivity index (χ1n) is 5.90. The van der Waals surface area contributed by atoms with Crippen LogP contribution >= 0.6 is 0 Å². The van der Waals surface area contributed by atoms with Gasteiger partial charge in [-0.15, -0.1) is 0 Å². The fraction of sp³-hybridized carbons (Fsp3) is 0.357. The average Bonchev–Trinajstić information content (AvgIpc) is 2.34. The molecule has 2 N–H and O–H groups in total. The second-order valence-electron chi connectivity index (χ2n) is 3.86. The monoisotopic (exact) mass is 233 g/mol. The number of rotatable bonds is 7. The molecule has 0 spiro atoms. The van der Waals surface area contributed by atoms with Crippen LogP contribution in [-0.4, -0.2) is 24.2 Å². The summed E-state index contributed by atoms with van der Waals surface area (Å²) in [6, 6.07) is 8.60. The Morgan fingerprint density at radius 2 is 1.94 bits per heavy atom. The summed E-state index contributed by atoms with van der Waals surface area (Å²) in [6.07, 6.45) is 4.80. The van der Waals surface area contributed by atoms with E-state index in [1.165, 1.54) is 11.1 Å². The molecule has 0 saturated carbocycles. The van der Waals surface area contributed by atoms with E-state index in [1.807, 2.05) is 0 Å². The standard InChI is InChI=1S/C14H19NO2/c1-2-12-5-7-13(8-6-12)9-11-15-10-3-4-14(16)17/h3-8,15H,2,9-11H2,1H3,(H,16,17)/b4-3+. The molecular formula is C14H19NO2. The number of carbonyl (C=O) groups is 1. The molecule has 17 heavy (non-hydrogen) atoms. The summed E-state index contributed by atoms with van der Waals surface area (Å²) >= 11 is 0. The van der Waals surface area contributed by atoms with Crippen molar-refractivity contribution in [3.63, 3.8) is 0 Å². The Bertz CT molecular complexity index is 368. The van der Waals surface area contributed by atoms with Gasteiger partial charge in [-0.3, -0.25) is 0 Å². The van der Waals surface area contributed by atoms with E-state index in [-0.39, 0.29) is 0 Å². The van der Waals surface area contributed by atoms with Gasteiger partial charge >= 0.3 is 5.97 Å². The summed E-state index contributed by atoms with van der Waals surface area (Å²) in [5, 5.41) is 11.6. The molecule has 3 nitrogen and oxygen atoms in total. The van der Waals surface area contributed by atoms with Crippen LogP contribution in [0.2, 0.25) is 0 Å². The molecule has 0 unspecified atom stereocenters. The van der Waals surface area contributed by atoms with E-state index in [0.29, 0.717) is 6.54 Å². The van der Waals surface area contributed by atoms with Gasteiger partial charge in [-0.1, -0.05) is 37.3 Å². The lowest BCUT2D eigenvalue weighted by molar-refractivity contribution is -0.131. The van der Waals surface area contributed by atoms with Crippen molar-refractivity contribution >= 4 is 5.97 Å². The summed E-state index contributed by atoms with van der Waals surface area (Å²) in [6.45, 7) is 3.60. The van der Waals surface area contributed by atoms with E-state index in [0.717, 1.165) is 25.5 Å². The quantitative estimate of drug-likeness (QED) is 0.559. The van der Waals surface area contributed by atoms with Gasteiger partial charge in [0.15, 0.2) is 0 Å². The predicted octanol–water partition coefficient (Wildman–Crippen LogP) is 2.02. The molecule has 0 aliphatic heterocycles. The highest BCUT2D eigenvalue weighted by atomic mass is 16.4. The molecule has 1 aromatic carbocycles. The Labute approximate surface area is 102 Å². The van der Waals surface area contributed by atoms with Crippen LogP contribution in [0.15, 0.2) is 36.4 Å². The molecule has 0 heterocycles. The topological polar surface area (TPSA) is 49.3 Å². The fourth-order valence-electron chi connectivity index (χ4n) is 1.52. The molecule has 0 atom stereocenters. The Hall–Kier alpha value is -1.61. The van der Waals surface area contributed by atoms with Crippen molar-refractivity contribution in [3.8, 4) is 0 Å². The molecular weight excluding hydrogens is 214 g/mol. The van der Waals surface area contributed by atoms with Gasteiger partial charge in [0.1, 0.15) is 0 Å². The Morgan fingerprint density at radius 1 is 1.29 bits per heavy atom. The largest absolute Gasteiger partial charge is 0.478 e. The number of aryl methyl sites for hydroxylation is 1. The van der Waals surface area contributed by atoms with E-state index < -0.39 is 5.97 Å². The van der Waals surface area contributed by atoms with Crippen LogP contribution < -0.4 is 5.32 Å². The minimum atomic E-state index is -0.901. The van der Waals surface area contributed by atoms with E-state index in [4.69, 9.17) is 5.11 Å². The molecule has 0 saturated heterocycles. The Morgan fingerprint density at radius 3 is 2.53 bits per heavy atom. The van der Waals surface area contributed by atoms with Gasteiger partial charge in [-0.2, -0.15) is 0 Å². The highest BCUT2D eigenvalue weighted by Crippen LogP contribution is 2.05. The summed E-state index contributed by atoms with van der Waals surface area (Å²) in [4.78, 5) is 10.2. The summed E-state index contributed by atoms with van der Waals surface area (Å²) in [5.41, 5.74) is 2.66. The van der Waals surface area contributed by atoms with Crippen molar-refractivity contribution in [1.82, 2.24) is 5.32 Å². The third-order valence-corrected chi connectivity index (χ3v) is 2.54. The fourth-order valence-corrected chi connectivity index (χ4v) is 1.52. The highest BCUT2D eigenvalue weighted by Gasteiger charge is 1.93. The normalized spacial score (nSPS) is 10.9. The van der Waals surface area contributed by atoms with Gasteiger partial charge in [-0.05, 0) is 30.5 Å². The number of hydrogen-bond acceptors (Lipinski definition) is 2. The molecule has 0 fully saturated rings. The van der Waals surface area contributed by atoms with Crippen LogP contribution in [0.3, 0.4) is 0 Å². The molecule has 0 aliphatic carbocycles. The van der Waals surface area contributed by atoms with Gasteiger partial charge < -0.3 is 10.4 Å². The van der Waals surface area contributed by atoms with Crippen molar-refractivity contribution < 1.29 is 9.90 Å². The summed E-state index contributed by atoms with van der Waals surface area (Å²) in [7, 11) is 0. The van der Waals surface area contributed by atoms with Gasteiger partial charge in [-0.25, -0.2) is 4.79 Å². The van der Waals surface area contributed by atoms with Crippen molar-refractivity contribution in [2.45, 2.75) is 19.8 Å². The lowest BCUT2D eigenvalue weighted by Gasteiger charge is -2.03. The third-order valence-electron chi connectivity index (χ3n) is 2.54. The maximum atomic E-state index is 10.2. The van der Waals surface area contributed by atoms with E-state index in [2.05, 4.69) is 36.5 Å². The molecule has 92 valence electrons. The van der Waals surface area contributed by atoms with E-state index in [9.17, 15) is 4.79 Å². The first kappa shape index (κ1) is 13.5. The number of benzene rings is 1. The second kappa shape index (κ2) is 7.63. The number of hydrogen-bond donors (Lipinski definition) is 2. The molecule has 0 aliphatic rings. The van der Waals surface area contributed by atoms with Crippen LogP contribution in [0.1, 0.15) is 18.1 Å². The van der Waals surface area contributed by atoms with E-state index >= 15 is 0 Å². The van der Waals surface area contributed by atoms with Crippen molar-refractivity contribution in [2.24, 2.45) is 0 Å². The number of aliphatic carboxylic acids is 1. The van der Waals surface area contributed by atoms with Gasteiger partial charge in [0.2, 0.25) is 0 Å². The zero-order chi connectivity index (χ0) is 12.5. The Balaban J connectivity index is 2.19. The lowest BCUT2D eigenvalue weighted by atomic mass is 10.1. The van der Waals surface area contributed by atoms with Crippen LogP contribution in [-0.2, 0) is 17.6 Å². The van der Waals surface area contributed by atoms with Gasteiger partial charge in [0.05, 0.1) is 0 Å². The number of nitrogens with one attached hydrogen (secondary N) is 1. The summed E-state index contributed by atoms with van der Waals surface area (Å²) < 4.78 is 0. The first-order chi connectivity index (χ1) is 8.22. The molecule has 1 rings (SSSR count). The summed E-state index contributed by atoms with van der Waals surface area (Å²) in [5.74, 6) is -0.901. The maximum absolute atomic E-state index is 10.2. The Kier molecular flexibility index (Phi) is 6.04. The minimum absolute atomic E-state index is 0.597. The van der Waals surface area contributed by atoms with E-state index in [1.54, 1.807) is 6.08 Å². The van der Waals surface area contributed by atoms with Crippen LogP contribution in [0.25, 0.3) is 0 Å². The van der Waals surface area contributed by atoms with Gasteiger partial charge in [0, 0.05) is 12.6 Å². The zero-order valence-electron chi connectivity index (χ0n) is 10.1. The van der Waals surface area contributed by atoms with Crippen molar-refractivity contribution in [3.05, 3.63) is 47.5 Å².